The first-order chi connectivity index (χ1) is 16.0. The molecular formula is C25H28N4O3S. The van der Waals surface area contributed by atoms with Crippen molar-refractivity contribution in [2.45, 2.75) is 39.3 Å². The fourth-order valence-corrected chi connectivity index (χ4v) is 4.42. The molecule has 1 atom stereocenters. The number of fused-ring (bicyclic) bond motifs is 1. The number of amides is 2. The second kappa shape index (κ2) is 10.5. The van der Waals surface area contributed by atoms with Gasteiger partial charge in [0, 0.05) is 17.6 Å². The van der Waals surface area contributed by atoms with Crippen LogP contribution in [0.1, 0.15) is 29.6 Å². The fraction of sp³-hybridized carbons (Fsp3) is 0.320. The number of carbonyl (C=O) groups is 2. The molecule has 3 aromatic rings. The van der Waals surface area contributed by atoms with E-state index in [2.05, 4.69) is 20.5 Å². The molecule has 0 saturated heterocycles. The van der Waals surface area contributed by atoms with Crippen LogP contribution < -0.4 is 20.3 Å². The summed E-state index contributed by atoms with van der Waals surface area (Å²) in [7, 11) is 0. The Morgan fingerprint density at radius 1 is 1.18 bits per heavy atom. The Bertz CT molecular complexity index is 1110. The first kappa shape index (κ1) is 22.8. The van der Waals surface area contributed by atoms with Gasteiger partial charge in [-0.15, -0.1) is 11.3 Å². The first-order valence-electron chi connectivity index (χ1n) is 11.1. The number of benzene rings is 2. The van der Waals surface area contributed by atoms with E-state index in [1.54, 1.807) is 0 Å². The Labute approximate surface area is 197 Å². The van der Waals surface area contributed by atoms with E-state index in [1.165, 1.54) is 11.3 Å². The lowest BCUT2D eigenvalue weighted by Crippen LogP contribution is -2.48. The highest BCUT2D eigenvalue weighted by molar-refractivity contribution is 7.09. The summed E-state index contributed by atoms with van der Waals surface area (Å²) >= 11 is 1.47. The zero-order valence-corrected chi connectivity index (χ0v) is 19.7. The van der Waals surface area contributed by atoms with E-state index in [0.29, 0.717) is 25.4 Å². The van der Waals surface area contributed by atoms with Gasteiger partial charge in [0.05, 0.1) is 30.9 Å². The smallest absolute Gasteiger partial charge is 0.262 e. The van der Waals surface area contributed by atoms with Crippen LogP contribution in [0.2, 0.25) is 0 Å². The van der Waals surface area contributed by atoms with Gasteiger partial charge in [0.15, 0.2) is 6.10 Å². The topological polar surface area (TPSA) is 83.6 Å². The lowest BCUT2D eigenvalue weighted by atomic mass is 10.1. The summed E-state index contributed by atoms with van der Waals surface area (Å²) < 4.78 is 5.96. The van der Waals surface area contributed by atoms with E-state index in [1.807, 2.05) is 67.8 Å². The van der Waals surface area contributed by atoms with Crippen LogP contribution in [0, 0.1) is 6.92 Å². The fourth-order valence-electron chi connectivity index (χ4n) is 3.63. The standard InChI is InChI=1S/C25H28N4O3S/c1-3-12-26-25(31)22-15-29(20-6-4-5-7-21(20)32-22)14-19-16-33-24(28-19)13-23(30)27-18-10-8-17(2)9-11-18/h4-11,16,22H,3,12-15H2,1-2H3,(H,26,31)(H,27,30)/t22-/m0/s1. The van der Waals surface area contributed by atoms with Crippen LogP contribution >= 0.6 is 11.3 Å². The highest BCUT2D eigenvalue weighted by Crippen LogP contribution is 2.34. The predicted octanol–water partition coefficient (Wildman–Crippen LogP) is 3.93. The van der Waals surface area contributed by atoms with Gasteiger partial charge in [0.1, 0.15) is 10.8 Å². The number of anilines is 2. The molecule has 0 unspecified atom stereocenters. The minimum atomic E-state index is -0.579. The number of hydrogen-bond donors (Lipinski definition) is 2. The lowest BCUT2D eigenvalue weighted by molar-refractivity contribution is -0.127. The summed E-state index contributed by atoms with van der Waals surface area (Å²) in [5.74, 6) is 0.487. The van der Waals surface area contributed by atoms with E-state index in [-0.39, 0.29) is 18.2 Å². The molecule has 0 spiro atoms. The quantitative estimate of drug-likeness (QED) is 0.528. The van der Waals surface area contributed by atoms with Gasteiger partial charge >= 0.3 is 0 Å². The van der Waals surface area contributed by atoms with Gasteiger partial charge < -0.3 is 20.3 Å². The Morgan fingerprint density at radius 3 is 2.76 bits per heavy atom. The minimum Gasteiger partial charge on any atom is -0.477 e. The monoisotopic (exact) mass is 464 g/mol. The maximum atomic E-state index is 12.5. The van der Waals surface area contributed by atoms with Crippen molar-refractivity contribution in [1.82, 2.24) is 10.3 Å². The van der Waals surface area contributed by atoms with Gasteiger partial charge in [-0.2, -0.15) is 0 Å². The molecule has 0 bridgehead atoms. The molecule has 1 aliphatic heterocycles. The van der Waals surface area contributed by atoms with Crippen LogP contribution in [-0.2, 0) is 22.6 Å². The number of thiazole rings is 1. The number of para-hydroxylation sites is 2. The van der Waals surface area contributed by atoms with Crippen LogP contribution in [-0.4, -0.2) is 36.0 Å². The number of nitrogens with one attached hydrogen (secondary N) is 2. The van der Waals surface area contributed by atoms with Crippen LogP contribution in [0.25, 0.3) is 0 Å². The van der Waals surface area contributed by atoms with Crippen LogP contribution in [0.3, 0.4) is 0 Å². The first-order valence-corrected chi connectivity index (χ1v) is 12.0. The maximum Gasteiger partial charge on any atom is 0.262 e. The zero-order chi connectivity index (χ0) is 23.2. The Hall–Kier alpha value is -3.39. The van der Waals surface area contributed by atoms with Crippen molar-refractivity contribution in [1.29, 1.82) is 0 Å². The van der Waals surface area contributed by atoms with Gasteiger partial charge in [-0.3, -0.25) is 9.59 Å². The van der Waals surface area contributed by atoms with E-state index < -0.39 is 6.10 Å². The molecule has 2 amide bonds. The number of hydrogen-bond acceptors (Lipinski definition) is 6. The summed E-state index contributed by atoms with van der Waals surface area (Å²) in [6.07, 6.45) is 0.517. The van der Waals surface area contributed by atoms with Crippen molar-refractivity contribution in [3.63, 3.8) is 0 Å². The molecule has 4 rings (SSSR count). The Balaban J connectivity index is 1.41. The molecule has 2 aromatic carbocycles. The summed E-state index contributed by atoms with van der Waals surface area (Å²) in [6.45, 7) is 5.63. The number of rotatable bonds is 8. The molecule has 0 fully saturated rings. The van der Waals surface area contributed by atoms with Gasteiger partial charge in [-0.1, -0.05) is 36.8 Å². The number of aromatic nitrogens is 1. The third kappa shape index (κ3) is 5.90. The average molecular weight is 465 g/mol. The molecule has 0 aliphatic carbocycles. The van der Waals surface area contributed by atoms with Crippen LogP contribution in [0.5, 0.6) is 5.75 Å². The molecule has 7 nitrogen and oxygen atoms in total. The molecule has 2 heterocycles. The second-order valence-corrected chi connectivity index (χ2v) is 9.01. The highest BCUT2D eigenvalue weighted by Gasteiger charge is 2.30. The number of nitrogens with zero attached hydrogens (tertiary/aromatic N) is 2. The van der Waals surface area contributed by atoms with Crippen molar-refractivity contribution >= 4 is 34.5 Å². The summed E-state index contributed by atoms with van der Waals surface area (Å²) in [6, 6.07) is 15.4. The van der Waals surface area contributed by atoms with Gasteiger partial charge in [0.25, 0.3) is 5.91 Å². The van der Waals surface area contributed by atoms with Crippen molar-refractivity contribution in [2.24, 2.45) is 0 Å². The largest absolute Gasteiger partial charge is 0.477 e. The van der Waals surface area contributed by atoms with Crippen molar-refractivity contribution in [3.05, 3.63) is 70.2 Å². The molecule has 172 valence electrons. The summed E-state index contributed by atoms with van der Waals surface area (Å²) in [4.78, 5) is 31.7. The normalized spacial score (nSPS) is 14.8. The molecule has 0 saturated carbocycles. The lowest BCUT2D eigenvalue weighted by Gasteiger charge is -2.35. The average Bonchev–Trinajstić information content (AvgIpc) is 3.25. The van der Waals surface area contributed by atoms with Gasteiger partial charge in [0.2, 0.25) is 5.91 Å². The molecule has 1 aliphatic rings. The van der Waals surface area contributed by atoms with Crippen LogP contribution in [0.4, 0.5) is 11.4 Å². The van der Waals surface area contributed by atoms with Crippen molar-refractivity contribution in [3.8, 4) is 5.75 Å². The summed E-state index contributed by atoms with van der Waals surface area (Å²) in [5.41, 5.74) is 3.72. The predicted molar refractivity (Wildman–Crippen MR) is 131 cm³/mol. The molecule has 2 N–H and O–H groups in total. The van der Waals surface area contributed by atoms with Gasteiger partial charge in [-0.05, 0) is 37.6 Å². The Morgan fingerprint density at radius 2 is 1.97 bits per heavy atom. The Kier molecular flexibility index (Phi) is 7.24. The van der Waals surface area contributed by atoms with E-state index in [0.717, 1.165) is 34.1 Å². The molecule has 8 heteroatoms. The maximum absolute atomic E-state index is 12.5. The van der Waals surface area contributed by atoms with E-state index >= 15 is 0 Å². The molecule has 1 aromatic heterocycles. The van der Waals surface area contributed by atoms with Crippen molar-refractivity contribution in [2.75, 3.05) is 23.3 Å². The number of carbonyl (C=O) groups excluding carboxylic acids is 2. The SMILES string of the molecule is CCCNC(=O)[C@@H]1CN(Cc2csc(CC(=O)Nc3ccc(C)cc3)n2)c2ccccc2O1. The number of ether oxygens (including phenoxy) is 1. The van der Waals surface area contributed by atoms with E-state index in [4.69, 9.17) is 4.74 Å². The third-order valence-electron chi connectivity index (χ3n) is 5.30. The highest BCUT2D eigenvalue weighted by atomic mass is 32.1. The van der Waals surface area contributed by atoms with E-state index in [9.17, 15) is 9.59 Å². The minimum absolute atomic E-state index is 0.0934. The number of aryl methyl sites for hydroxylation is 1. The van der Waals surface area contributed by atoms with Crippen molar-refractivity contribution < 1.29 is 14.3 Å². The second-order valence-electron chi connectivity index (χ2n) is 8.07. The molecule has 33 heavy (non-hydrogen) atoms. The third-order valence-corrected chi connectivity index (χ3v) is 6.20. The summed E-state index contributed by atoms with van der Waals surface area (Å²) in [5, 5.41) is 8.56. The molecule has 0 radical (unpaired) electrons. The van der Waals surface area contributed by atoms with Crippen LogP contribution in [0.15, 0.2) is 53.9 Å². The zero-order valence-electron chi connectivity index (χ0n) is 18.8. The molecular weight excluding hydrogens is 436 g/mol. The van der Waals surface area contributed by atoms with Gasteiger partial charge in [-0.25, -0.2) is 4.98 Å².